The number of carbonyl (C=O) groups excluding carboxylic acids is 1. The normalized spacial score (nSPS) is 17.2. The van der Waals surface area contributed by atoms with Crippen molar-refractivity contribution in [3.8, 4) is 0 Å². The number of nitrogens with zero attached hydrogens (tertiary/aromatic N) is 2. The standard InChI is InChI=1S/C11H15N3O3/c1-14-5-8(13-7-14)9(15)12-6-11(10(16)17)3-2-4-11/h5,7H,2-4,6H2,1H3,(H,12,15)(H,16,17). The molecule has 6 heteroatoms. The first kappa shape index (κ1) is 11.6. The first-order valence-electron chi connectivity index (χ1n) is 5.53. The third kappa shape index (κ3) is 2.15. The highest BCUT2D eigenvalue weighted by Crippen LogP contribution is 2.40. The predicted octanol–water partition coefficient (Wildman–Crippen LogP) is 0.405. The molecule has 6 nitrogen and oxygen atoms in total. The second-order valence-electron chi connectivity index (χ2n) is 4.55. The number of rotatable bonds is 4. The summed E-state index contributed by atoms with van der Waals surface area (Å²) in [6.07, 6.45) is 5.30. The van der Waals surface area contributed by atoms with E-state index in [9.17, 15) is 9.59 Å². The van der Waals surface area contributed by atoms with Crippen molar-refractivity contribution in [2.24, 2.45) is 12.5 Å². The largest absolute Gasteiger partial charge is 0.481 e. The number of carboxylic acids is 1. The van der Waals surface area contributed by atoms with E-state index in [0.29, 0.717) is 18.5 Å². The van der Waals surface area contributed by atoms with E-state index in [-0.39, 0.29) is 12.5 Å². The van der Waals surface area contributed by atoms with E-state index in [1.165, 1.54) is 6.33 Å². The number of aliphatic carboxylic acids is 1. The Kier molecular flexibility index (Phi) is 2.87. The molecule has 0 saturated heterocycles. The predicted molar refractivity (Wildman–Crippen MR) is 59.5 cm³/mol. The molecule has 0 spiro atoms. The Morgan fingerprint density at radius 2 is 2.29 bits per heavy atom. The second-order valence-corrected chi connectivity index (χ2v) is 4.55. The van der Waals surface area contributed by atoms with Crippen LogP contribution in [-0.2, 0) is 11.8 Å². The van der Waals surface area contributed by atoms with Crippen molar-refractivity contribution in [3.05, 3.63) is 18.2 Å². The molecule has 1 fully saturated rings. The highest BCUT2D eigenvalue weighted by atomic mass is 16.4. The number of hydrogen-bond donors (Lipinski definition) is 2. The van der Waals surface area contributed by atoms with Crippen molar-refractivity contribution in [2.75, 3.05) is 6.54 Å². The van der Waals surface area contributed by atoms with E-state index in [4.69, 9.17) is 5.11 Å². The van der Waals surface area contributed by atoms with Crippen LogP contribution < -0.4 is 5.32 Å². The van der Waals surface area contributed by atoms with Crippen LogP contribution in [0.25, 0.3) is 0 Å². The summed E-state index contributed by atoms with van der Waals surface area (Å²) in [6, 6.07) is 0. The molecule has 1 heterocycles. The summed E-state index contributed by atoms with van der Waals surface area (Å²) in [6.45, 7) is 0.178. The highest BCUT2D eigenvalue weighted by molar-refractivity contribution is 5.92. The van der Waals surface area contributed by atoms with Crippen molar-refractivity contribution < 1.29 is 14.7 Å². The van der Waals surface area contributed by atoms with Gasteiger partial charge in [0.15, 0.2) is 0 Å². The van der Waals surface area contributed by atoms with Gasteiger partial charge in [0.1, 0.15) is 5.69 Å². The molecule has 0 radical (unpaired) electrons. The maximum Gasteiger partial charge on any atom is 0.311 e. The van der Waals surface area contributed by atoms with Gasteiger partial charge in [-0.2, -0.15) is 0 Å². The van der Waals surface area contributed by atoms with Gasteiger partial charge in [-0.25, -0.2) is 4.98 Å². The lowest BCUT2D eigenvalue weighted by Gasteiger charge is -2.37. The van der Waals surface area contributed by atoms with Crippen molar-refractivity contribution in [2.45, 2.75) is 19.3 Å². The summed E-state index contributed by atoms with van der Waals surface area (Å²) >= 11 is 0. The molecule has 2 N–H and O–H groups in total. The summed E-state index contributed by atoms with van der Waals surface area (Å²) in [4.78, 5) is 26.7. The van der Waals surface area contributed by atoms with E-state index >= 15 is 0 Å². The van der Waals surface area contributed by atoms with Gasteiger partial charge in [0.2, 0.25) is 0 Å². The van der Waals surface area contributed by atoms with Gasteiger partial charge in [0.25, 0.3) is 5.91 Å². The van der Waals surface area contributed by atoms with Crippen LogP contribution >= 0.6 is 0 Å². The molecule has 1 aliphatic carbocycles. The molecule has 92 valence electrons. The molecule has 2 rings (SSSR count). The fourth-order valence-electron chi connectivity index (χ4n) is 1.94. The topological polar surface area (TPSA) is 84.2 Å². The molecule has 1 aromatic heterocycles. The van der Waals surface area contributed by atoms with Gasteiger partial charge in [-0.05, 0) is 12.8 Å². The average molecular weight is 237 g/mol. The summed E-state index contributed by atoms with van der Waals surface area (Å²) in [5.41, 5.74) is -0.447. The average Bonchev–Trinajstić information content (AvgIpc) is 2.62. The van der Waals surface area contributed by atoms with Crippen LogP contribution in [-0.4, -0.2) is 33.1 Å². The summed E-state index contributed by atoms with van der Waals surface area (Å²) in [7, 11) is 1.77. The third-order valence-corrected chi connectivity index (χ3v) is 3.29. The first-order valence-corrected chi connectivity index (χ1v) is 5.53. The molecule has 1 saturated carbocycles. The van der Waals surface area contributed by atoms with Crippen LogP contribution in [0.4, 0.5) is 0 Å². The zero-order chi connectivity index (χ0) is 12.5. The van der Waals surface area contributed by atoms with Gasteiger partial charge < -0.3 is 15.0 Å². The van der Waals surface area contributed by atoms with E-state index in [0.717, 1.165) is 6.42 Å². The van der Waals surface area contributed by atoms with E-state index in [1.807, 2.05) is 0 Å². The van der Waals surface area contributed by atoms with Crippen LogP contribution in [0.5, 0.6) is 0 Å². The van der Waals surface area contributed by atoms with Crippen LogP contribution in [0.1, 0.15) is 29.8 Å². The van der Waals surface area contributed by atoms with Crippen molar-refractivity contribution >= 4 is 11.9 Å². The molecule has 1 aliphatic rings. The Hall–Kier alpha value is -1.85. The quantitative estimate of drug-likeness (QED) is 0.794. The van der Waals surface area contributed by atoms with Crippen LogP contribution in [0, 0.1) is 5.41 Å². The highest BCUT2D eigenvalue weighted by Gasteiger charge is 2.44. The molecule has 0 atom stereocenters. The first-order chi connectivity index (χ1) is 8.03. The molecule has 0 unspecified atom stereocenters. The van der Waals surface area contributed by atoms with Crippen LogP contribution in [0.2, 0.25) is 0 Å². The second kappa shape index (κ2) is 4.20. The summed E-state index contributed by atoms with van der Waals surface area (Å²) in [5.74, 6) is -1.15. The molecule has 0 aromatic carbocycles. The molecule has 0 aliphatic heterocycles. The Morgan fingerprint density at radius 3 is 2.71 bits per heavy atom. The third-order valence-electron chi connectivity index (χ3n) is 3.29. The van der Waals surface area contributed by atoms with Gasteiger partial charge in [-0.15, -0.1) is 0 Å². The maximum absolute atomic E-state index is 11.7. The van der Waals surface area contributed by atoms with Crippen molar-refractivity contribution in [1.29, 1.82) is 0 Å². The Bertz CT molecular complexity index is 449. The van der Waals surface area contributed by atoms with Gasteiger partial charge in [0, 0.05) is 19.8 Å². The monoisotopic (exact) mass is 237 g/mol. The lowest BCUT2D eigenvalue weighted by Crippen LogP contribution is -2.47. The minimum atomic E-state index is -0.829. The number of amides is 1. The van der Waals surface area contributed by atoms with Crippen molar-refractivity contribution in [3.63, 3.8) is 0 Å². The van der Waals surface area contributed by atoms with E-state index in [1.54, 1.807) is 17.8 Å². The van der Waals surface area contributed by atoms with Gasteiger partial charge >= 0.3 is 5.97 Å². The minimum absolute atomic E-state index is 0.178. The lowest BCUT2D eigenvalue weighted by molar-refractivity contribution is -0.153. The number of imidazole rings is 1. The molecule has 0 bridgehead atoms. The number of nitrogens with one attached hydrogen (secondary N) is 1. The molecule has 1 aromatic rings. The fraction of sp³-hybridized carbons (Fsp3) is 0.545. The Balaban J connectivity index is 1.94. The van der Waals surface area contributed by atoms with Crippen LogP contribution in [0.15, 0.2) is 12.5 Å². The fourth-order valence-corrected chi connectivity index (χ4v) is 1.94. The number of aryl methyl sites for hydroxylation is 1. The van der Waals surface area contributed by atoms with Crippen molar-refractivity contribution in [1.82, 2.24) is 14.9 Å². The summed E-state index contributed by atoms with van der Waals surface area (Å²) in [5, 5.41) is 11.7. The van der Waals surface area contributed by atoms with Gasteiger partial charge in [0.05, 0.1) is 11.7 Å². The number of carboxylic acid groups (broad SMARTS) is 1. The number of aromatic nitrogens is 2. The smallest absolute Gasteiger partial charge is 0.311 e. The lowest BCUT2D eigenvalue weighted by atomic mass is 9.69. The molecule has 1 amide bonds. The minimum Gasteiger partial charge on any atom is -0.481 e. The molecular formula is C11H15N3O3. The van der Waals surface area contributed by atoms with E-state index in [2.05, 4.69) is 10.3 Å². The molecule has 17 heavy (non-hydrogen) atoms. The maximum atomic E-state index is 11.7. The number of carbonyl (C=O) groups is 2. The Labute approximate surface area is 98.7 Å². The SMILES string of the molecule is Cn1cnc(C(=O)NCC2(C(=O)O)CCC2)c1. The summed E-state index contributed by atoms with van der Waals surface area (Å²) < 4.78 is 1.67. The van der Waals surface area contributed by atoms with Gasteiger partial charge in [-0.3, -0.25) is 9.59 Å². The zero-order valence-corrected chi connectivity index (χ0v) is 9.64. The van der Waals surface area contributed by atoms with Gasteiger partial charge in [-0.1, -0.05) is 6.42 Å². The Morgan fingerprint density at radius 1 is 1.59 bits per heavy atom. The molecular weight excluding hydrogens is 222 g/mol. The number of hydrogen-bond acceptors (Lipinski definition) is 3. The zero-order valence-electron chi connectivity index (χ0n) is 9.64. The van der Waals surface area contributed by atoms with Crippen LogP contribution in [0.3, 0.4) is 0 Å². The van der Waals surface area contributed by atoms with E-state index < -0.39 is 11.4 Å².